The van der Waals surface area contributed by atoms with Crippen LogP contribution in [0.1, 0.15) is 15.9 Å². The number of halogens is 1. The Hall–Kier alpha value is -3.44. The van der Waals surface area contributed by atoms with E-state index in [1.165, 1.54) is 0 Å². The van der Waals surface area contributed by atoms with Crippen molar-refractivity contribution < 1.29 is 4.79 Å². The van der Waals surface area contributed by atoms with Gasteiger partial charge in [0.2, 0.25) is 0 Å². The van der Waals surface area contributed by atoms with Crippen molar-refractivity contribution in [2.24, 2.45) is 0 Å². The lowest BCUT2D eigenvalue weighted by Crippen LogP contribution is -2.05. The third kappa shape index (κ3) is 3.66. The number of nitrogens with zero attached hydrogens (tertiary/aromatic N) is 2. The van der Waals surface area contributed by atoms with Crippen LogP contribution in [0.5, 0.6) is 0 Å². The minimum atomic E-state index is 0.415. The Balaban J connectivity index is 1.59. The number of aldehydes is 1. The van der Waals surface area contributed by atoms with Gasteiger partial charge in [-0.3, -0.25) is 9.78 Å². The van der Waals surface area contributed by atoms with Crippen LogP contribution in [0.25, 0.3) is 22.2 Å². The number of aromatic nitrogens is 2. The van der Waals surface area contributed by atoms with Crippen molar-refractivity contribution in [3.63, 3.8) is 0 Å². The molecule has 6 heteroatoms. The zero-order valence-electron chi connectivity index (χ0n) is 14.9. The van der Waals surface area contributed by atoms with Crippen LogP contribution in [0.3, 0.4) is 0 Å². The van der Waals surface area contributed by atoms with Crippen LogP contribution in [0, 0.1) is 0 Å². The van der Waals surface area contributed by atoms with Crippen LogP contribution in [-0.4, -0.2) is 16.3 Å². The first-order chi connectivity index (χ1) is 13.6. The van der Waals surface area contributed by atoms with Crippen molar-refractivity contribution in [3.05, 3.63) is 83.0 Å². The number of nitrogens with one attached hydrogen (secondary N) is 1. The number of pyridine rings is 2. The molecule has 2 heterocycles. The Morgan fingerprint density at radius 2 is 1.96 bits per heavy atom. The van der Waals surface area contributed by atoms with E-state index in [4.69, 9.17) is 17.3 Å². The fourth-order valence-corrected chi connectivity index (χ4v) is 3.15. The number of rotatable bonds is 5. The maximum atomic E-state index is 11.1. The number of anilines is 2. The molecule has 0 saturated heterocycles. The number of nitrogens with two attached hydrogens (primary N) is 1. The molecular formula is C22H17ClN4O. The van der Waals surface area contributed by atoms with Gasteiger partial charge in [0.1, 0.15) is 5.82 Å². The highest BCUT2D eigenvalue weighted by atomic mass is 35.5. The topological polar surface area (TPSA) is 80.9 Å². The fourth-order valence-electron chi connectivity index (χ4n) is 2.99. The Labute approximate surface area is 167 Å². The number of fused-ring (bicyclic) bond motifs is 1. The van der Waals surface area contributed by atoms with Crippen molar-refractivity contribution in [2.45, 2.75) is 6.54 Å². The molecule has 2 aromatic heterocycles. The standard InChI is InChI=1S/C22H17ClN4O/c23-18-5-4-16(11-17(18)13-28)21-8-6-19(24)22(27-21)26-12-14-3-7-20-15(10-14)2-1-9-25-20/h1-11,13H,12,24H2,(H,26,27). The molecule has 0 spiro atoms. The third-order valence-corrected chi connectivity index (χ3v) is 4.82. The van der Waals surface area contributed by atoms with Gasteiger partial charge < -0.3 is 11.1 Å². The molecule has 0 amide bonds. The predicted octanol–water partition coefficient (Wildman–Crippen LogP) is 4.96. The molecule has 0 atom stereocenters. The van der Waals surface area contributed by atoms with E-state index in [0.29, 0.717) is 34.3 Å². The first-order valence-electron chi connectivity index (χ1n) is 8.73. The highest BCUT2D eigenvalue weighted by Gasteiger charge is 2.08. The molecule has 0 radical (unpaired) electrons. The number of carbonyl (C=O) groups is 1. The number of nitrogen functional groups attached to an aromatic ring is 1. The summed E-state index contributed by atoms with van der Waals surface area (Å²) in [5.74, 6) is 0.589. The molecule has 0 aliphatic heterocycles. The van der Waals surface area contributed by atoms with Crippen molar-refractivity contribution in [2.75, 3.05) is 11.1 Å². The van der Waals surface area contributed by atoms with E-state index in [0.717, 1.165) is 28.3 Å². The summed E-state index contributed by atoms with van der Waals surface area (Å²) in [6.45, 7) is 0.575. The summed E-state index contributed by atoms with van der Waals surface area (Å²) in [5.41, 5.74) is 10.6. The summed E-state index contributed by atoms with van der Waals surface area (Å²) in [7, 11) is 0. The average Bonchev–Trinajstić information content (AvgIpc) is 2.73. The Bertz CT molecular complexity index is 1180. The molecule has 0 aliphatic carbocycles. The van der Waals surface area contributed by atoms with Crippen molar-refractivity contribution >= 4 is 40.3 Å². The average molecular weight is 389 g/mol. The van der Waals surface area contributed by atoms with E-state index in [2.05, 4.69) is 21.4 Å². The molecule has 0 saturated carbocycles. The number of hydrogen-bond donors (Lipinski definition) is 2. The lowest BCUT2D eigenvalue weighted by atomic mass is 10.1. The molecule has 4 aromatic rings. The van der Waals surface area contributed by atoms with E-state index in [-0.39, 0.29) is 0 Å². The van der Waals surface area contributed by atoms with E-state index < -0.39 is 0 Å². The zero-order chi connectivity index (χ0) is 19.5. The maximum Gasteiger partial charge on any atom is 0.151 e. The molecule has 0 unspecified atom stereocenters. The second-order valence-electron chi connectivity index (χ2n) is 6.37. The summed E-state index contributed by atoms with van der Waals surface area (Å²) < 4.78 is 0. The van der Waals surface area contributed by atoms with Gasteiger partial charge in [-0.1, -0.05) is 29.8 Å². The first kappa shape index (κ1) is 17.9. The normalized spacial score (nSPS) is 10.8. The second kappa shape index (κ2) is 7.66. The van der Waals surface area contributed by atoms with Gasteiger partial charge in [0, 0.05) is 29.3 Å². The molecule has 28 heavy (non-hydrogen) atoms. The van der Waals surface area contributed by atoms with Gasteiger partial charge in [0.15, 0.2) is 6.29 Å². The molecule has 4 rings (SSSR count). The first-order valence-corrected chi connectivity index (χ1v) is 9.11. The highest BCUT2D eigenvalue weighted by Crippen LogP contribution is 2.27. The zero-order valence-corrected chi connectivity index (χ0v) is 15.6. The molecule has 138 valence electrons. The van der Waals surface area contributed by atoms with Crippen LogP contribution in [-0.2, 0) is 6.54 Å². The van der Waals surface area contributed by atoms with Crippen LogP contribution >= 0.6 is 11.6 Å². The van der Waals surface area contributed by atoms with Crippen LogP contribution in [0.2, 0.25) is 5.02 Å². The van der Waals surface area contributed by atoms with E-state index >= 15 is 0 Å². The lowest BCUT2D eigenvalue weighted by Gasteiger charge is -2.11. The van der Waals surface area contributed by atoms with Gasteiger partial charge >= 0.3 is 0 Å². The van der Waals surface area contributed by atoms with Gasteiger partial charge in [-0.25, -0.2) is 4.98 Å². The number of hydrogen-bond acceptors (Lipinski definition) is 5. The predicted molar refractivity (Wildman–Crippen MR) is 114 cm³/mol. The third-order valence-electron chi connectivity index (χ3n) is 4.47. The summed E-state index contributed by atoms with van der Waals surface area (Å²) in [6.07, 6.45) is 2.51. The Kier molecular flexibility index (Phi) is 4.91. The minimum Gasteiger partial charge on any atom is -0.396 e. The Morgan fingerprint density at radius 3 is 2.82 bits per heavy atom. The lowest BCUT2D eigenvalue weighted by molar-refractivity contribution is 0.112. The second-order valence-corrected chi connectivity index (χ2v) is 6.78. The van der Waals surface area contributed by atoms with Gasteiger partial charge in [0.25, 0.3) is 0 Å². The van der Waals surface area contributed by atoms with E-state index in [1.807, 2.05) is 36.4 Å². The monoisotopic (exact) mass is 388 g/mol. The molecular weight excluding hydrogens is 372 g/mol. The van der Waals surface area contributed by atoms with Crippen molar-refractivity contribution in [1.82, 2.24) is 9.97 Å². The van der Waals surface area contributed by atoms with Crippen LogP contribution in [0.15, 0.2) is 66.9 Å². The molecule has 5 nitrogen and oxygen atoms in total. The number of benzene rings is 2. The summed E-state index contributed by atoms with van der Waals surface area (Å²) >= 11 is 6.01. The molecule has 0 aliphatic rings. The number of carbonyl (C=O) groups excluding carboxylic acids is 1. The maximum absolute atomic E-state index is 11.1. The van der Waals surface area contributed by atoms with Gasteiger partial charge in [-0.05, 0) is 48.0 Å². The van der Waals surface area contributed by atoms with Crippen molar-refractivity contribution in [1.29, 1.82) is 0 Å². The highest BCUT2D eigenvalue weighted by molar-refractivity contribution is 6.33. The van der Waals surface area contributed by atoms with Gasteiger partial charge in [-0.2, -0.15) is 0 Å². The minimum absolute atomic E-state index is 0.415. The Morgan fingerprint density at radius 1 is 1.07 bits per heavy atom. The smallest absolute Gasteiger partial charge is 0.151 e. The SMILES string of the molecule is Nc1ccc(-c2ccc(Cl)c(C=O)c2)nc1NCc1ccc2ncccc2c1. The van der Waals surface area contributed by atoms with E-state index in [1.54, 1.807) is 24.4 Å². The van der Waals surface area contributed by atoms with Crippen LogP contribution < -0.4 is 11.1 Å². The summed E-state index contributed by atoms with van der Waals surface area (Å²) in [6, 6.07) is 18.9. The van der Waals surface area contributed by atoms with Gasteiger partial charge in [-0.15, -0.1) is 0 Å². The largest absolute Gasteiger partial charge is 0.396 e. The summed E-state index contributed by atoms with van der Waals surface area (Å²) in [4.78, 5) is 20.1. The molecule has 3 N–H and O–H groups in total. The van der Waals surface area contributed by atoms with Crippen LogP contribution in [0.4, 0.5) is 11.5 Å². The van der Waals surface area contributed by atoms with Gasteiger partial charge in [0.05, 0.1) is 21.9 Å². The van der Waals surface area contributed by atoms with Crippen molar-refractivity contribution in [3.8, 4) is 11.3 Å². The molecule has 0 bridgehead atoms. The quantitative estimate of drug-likeness (QED) is 0.472. The summed E-state index contributed by atoms with van der Waals surface area (Å²) in [5, 5.41) is 4.79. The van der Waals surface area contributed by atoms with E-state index in [9.17, 15) is 4.79 Å². The molecule has 0 fully saturated rings. The molecule has 2 aromatic carbocycles. The fraction of sp³-hybridized carbons (Fsp3) is 0.0455.